The van der Waals surface area contributed by atoms with E-state index in [1.165, 1.54) is 5.56 Å². The highest BCUT2D eigenvalue weighted by Gasteiger charge is 2.46. The predicted octanol–water partition coefficient (Wildman–Crippen LogP) is 4.06. The molecule has 0 heterocycles. The van der Waals surface area contributed by atoms with E-state index >= 15 is 0 Å². The molecule has 2 aromatic rings. The van der Waals surface area contributed by atoms with Gasteiger partial charge in [0.1, 0.15) is 0 Å². The molecular weight excluding hydrogens is 246 g/mol. The molecule has 0 saturated heterocycles. The number of ether oxygens (including phenoxy) is 1. The van der Waals surface area contributed by atoms with E-state index in [0.717, 1.165) is 29.5 Å². The summed E-state index contributed by atoms with van der Waals surface area (Å²) in [4.78, 5) is 0. The van der Waals surface area contributed by atoms with Gasteiger partial charge in [0.25, 0.3) is 0 Å². The van der Waals surface area contributed by atoms with Crippen LogP contribution in [0.15, 0.2) is 48.5 Å². The zero-order chi connectivity index (χ0) is 14.0. The van der Waals surface area contributed by atoms with Gasteiger partial charge in [0.05, 0.1) is 18.1 Å². The topological polar surface area (TPSA) is 33.0 Å². The van der Waals surface area contributed by atoms with Crippen molar-refractivity contribution in [3.8, 4) is 17.2 Å². The van der Waals surface area contributed by atoms with E-state index in [1.807, 2.05) is 18.2 Å². The first-order chi connectivity index (χ1) is 9.79. The van der Waals surface area contributed by atoms with Crippen LogP contribution in [-0.2, 0) is 16.8 Å². The molecule has 1 fully saturated rings. The largest absolute Gasteiger partial charge is 0.380 e. The van der Waals surface area contributed by atoms with Gasteiger partial charge in [0, 0.05) is 7.11 Å². The van der Waals surface area contributed by atoms with Crippen molar-refractivity contribution in [1.29, 1.82) is 5.26 Å². The Balaban J connectivity index is 2.07. The molecule has 0 bridgehead atoms. The van der Waals surface area contributed by atoms with Gasteiger partial charge in [-0.2, -0.15) is 5.26 Å². The number of benzene rings is 2. The van der Waals surface area contributed by atoms with Gasteiger partial charge in [-0.05, 0) is 41.2 Å². The Kier molecular flexibility index (Phi) is 3.30. The number of nitrogens with zero attached hydrogens (tertiary/aromatic N) is 1. The highest BCUT2D eigenvalue weighted by atomic mass is 16.5. The number of methoxy groups -OCH3 is 1. The van der Waals surface area contributed by atoms with Crippen molar-refractivity contribution in [2.24, 2.45) is 0 Å². The van der Waals surface area contributed by atoms with Gasteiger partial charge in [-0.3, -0.25) is 0 Å². The third kappa shape index (κ3) is 2.21. The van der Waals surface area contributed by atoms with Gasteiger partial charge in [-0.15, -0.1) is 0 Å². The summed E-state index contributed by atoms with van der Waals surface area (Å²) in [5.74, 6) is 0. The van der Waals surface area contributed by atoms with Crippen LogP contribution in [-0.4, -0.2) is 7.11 Å². The molecule has 100 valence electrons. The summed E-state index contributed by atoms with van der Waals surface area (Å²) >= 11 is 0. The summed E-state index contributed by atoms with van der Waals surface area (Å²) < 4.78 is 5.20. The molecule has 2 nitrogen and oxygen atoms in total. The van der Waals surface area contributed by atoms with Crippen LogP contribution in [0.3, 0.4) is 0 Å². The lowest BCUT2D eigenvalue weighted by molar-refractivity contribution is 0.185. The lowest BCUT2D eigenvalue weighted by Crippen LogP contribution is -2.04. The van der Waals surface area contributed by atoms with E-state index in [-0.39, 0.29) is 5.41 Å². The summed E-state index contributed by atoms with van der Waals surface area (Å²) in [5.41, 5.74) is 4.40. The van der Waals surface area contributed by atoms with E-state index in [4.69, 9.17) is 4.74 Å². The van der Waals surface area contributed by atoms with Crippen LogP contribution in [0.25, 0.3) is 11.1 Å². The van der Waals surface area contributed by atoms with E-state index in [0.29, 0.717) is 6.61 Å². The van der Waals surface area contributed by atoms with Gasteiger partial charge in [0.2, 0.25) is 0 Å². The summed E-state index contributed by atoms with van der Waals surface area (Å²) in [7, 11) is 1.70. The van der Waals surface area contributed by atoms with Crippen LogP contribution in [0.5, 0.6) is 0 Å². The van der Waals surface area contributed by atoms with Crippen molar-refractivity contribution in [3.63, 3.8) is 0 Å². The average molecular weight is 263 g/mol. The van der Waals surface area contributed by atoms with Crippen LogP contribution in [0.4, 0.5) is 0 Å². The molecule has 3 rings (SSSR count). The summed E-state index contributed by atoms with van der Waals surface area (Å²) in [6, 6.07) is 19.1. The molecule has 0 aromatic heterocycles. The summed E-state index contributed by atoms with van der Waals surface area (Å²) in [5, 5.41) is 9.45. The van der Waals surface area contributed by atoms with E-state index in [1.54, 1.807) is 7.11 Å². The maximum Gasteiger partial charge on any atom is 0.0829 e. The fourth-order valence-electron chi connectivity index (χ4n) is 2.71. The van der Waals surface area contributed by atoms with Crippen molar-refractivity contribution in [2.75, 3.05) is 7.11 Å². The molecule has 0 radical (unpaired) electrons. The summed E-state index contributed by atoms with van der Waals surface area (Å²) in [6.45, 7) is 0.611. The van der Waals surface area contributed by atoms with Gasteiger partial charge in [-0.25, -0.2) is 0 Å². The second-order valence-corrected chi connectivity index (χ2v) is 5.37. The number of hydrogen-bond donors (Lipinski definition) is 0. The molecule has 0 atom stereocenters. The van der Waals surface area contributed by atoms with Crippen LogP contribution >= 0.6 is 0 Å². The Bertz CT molecular complexity index is 665. The SMILES string of the molecule is COCc1cccc(-c2ccccc2C2(C#N)CC2)c1. The minimum atomic E-state index is -0.256. The fourth-order valence-corrected chi connectivity index (χ4v) is 2.71. The molecule has 20 heavy (non-hydrogen) atoms. The molecule has 0 aliphatic heterocycles. The first kappa shape index (κ1) is 12.9. The van der Waals surface area contributed by atoms with Gasteiger partial charge in [0.15, 0.2) is 0 Å². The number of rotatable bonds is 4. The molecule has 0 unspecified atom stereocenters. The molecule has 2 aromatic carbocycles. The van der Waals surface area contributed by atoms with Crippen molar-refractivity contribution >= 4 is 0 Å². The Morgan fingerprint density at radius 3 is 2.65 bits per heavy atom. The molecule has 1 aliphatic rings. The lowest BCUT2D eigenvalue weighted by atomic mass is 9.89. The third-order valence-electron chi connectivity index (χ3n) is 3.96. The second kappa shape index (κ2) is 5.11. The Morgan fingerprint density at radius 1 is 1.15 bits per heavy atom. The molecule has 2 heteroatoms. The zero-order valence-electron chi connectivity index (χ0n) is 11.6. The monoisotopic (exact) mass is 263 g/mol. The van der Waals surface area contributed by atoms with E-state index in [9.17, 15) is 5.26 Å². The fraction of sp³-hybridized carbons (Fsp3) is 0.278. The highest BCUT2D eigenvalue weighted by molar-refractivity contribution is 5.71. The Morgan fingerprint density at radius 2 is 1.95 bits per heavy atom. The van der Waals surface area contributed by atoms with Crippen molar-refractivity contribution in [1.82, 2.24) is 0 Å². The lowest BCUT2D eigenvalue weighted by Gasteiger charge is -2.14. The molecule has 1 aliphatic carbocycles. The molecule has 0 N–H and O–H groups in total. The van der Waals surface area contributed by atoms with Crippen molar-refractivity contribution in [3.05, 3.63) is 59.7 Å². The standard InChI is InChI=1S/C18H17NO/c1-20-12-14-5-4-6-15(11-14)16-7-2-3-8-17(16)18(13-19)9-10-18/h2-8,11H,9-10,12H2,1H3. The second-order valence-electron chi connectivity index (χ2n) is 5.37. The minimum absolute atomic E-state index is 0.256. The number of nitriles is 1. The van der Waals surface area contributed by atoms with Crippen LogP contribution in [0, 0.1) is 11.3 Å². The quantitative estimate of drug-likeness (QED) is 0.833. The Hall–Kier alpha value is -2.11. The number of hydrogen-bond acceptors (Lipinski definition) is 2. The minimum Gasteiger partial charge on any atom is -0.380 e. The van der Waals surface area contributed by atoms with Crippen molar-refractivity contribution in [2.45, 2.75) is 24.9 Å². The molecule has 1 saturated carbocycles. The van der Waals surface area contributed by atoms with Crippen molar-refractivity contribution < 1.29 is 4.74 Å². The normalized spacial score (nSPS) is 15.6. The van der Waals surface area contributed by atoms with Crippen LogP contribution in [0.2, 0.25) is 0 Å². The van der Waals surface area contributed by atoms with Gasteiger partial charge in [-0.1, -0.05) is 42.5 Å². The van der Waals surface area contributed by atoms with Gasteiger partial charge >= 0.3 is 0 Å². The van der Waals surface area contributed by atoms with E-state index in [2.05, 4.69) is 36.4 Å². The first-order valence-electron chi connectivity index (χ1n) is 6.88. The van der Waals surface area contributed by atoms with Crippen LogP contribution in [0.1, 0.15) is 24.0 Å². The molecule has 0 amide bonds. The molecular formula is C18H17NO. The smallest absolute Gasteiger partial charge is 0.0829 e. The third-order valence-corrected chi connectivity index (χ3v) is 3.96. The Labute approximate surface area is 119 Å². The first-order valence-corrected chi connectivity index (χ1v) is 6.88. The van der Waals surface area contributed by atoms with Crippen LogP contribution < -0.4 is 0 Å². The van der Waals surface area contributed by atoms with Gasteiger partial charge < -0.3 is 4.74 Å². The zero-order valence-corrected chi connectivity index (χ0v) is 11.6. The average Bonchev–Trinajstić information content (AvgIpc) is 3.29. The maximum atomic E-state index is 9.45. The maximum absolute atomic E-state index is 9.45. The summed E-state index contributed by atoms with van der Waals surface area (Å²) in [6.07, 6.45) is 1.94. The molecule has 0 spiro atoms. The van der Waals surface area contributed by atoms with E-state index < -0.39 is 0 Å². The highest BCUT2D eigenvalue weighted by Crippen LogP contribution is 2.50. The predicted molar refractivity (Wildman–Crippen MR) is 79.1 cm³/mol.